The molecule has 0 aromatic heterocycles. The average Bonchev–Trinajstić information content (AvgIpc) is 3.12. The molecule has 0 fully saturated rings. The molecule has 1 N–H and O–H groups in total. The Hall–Kier alpha value is -3.46. The lowest BCUT2D eigenvalue weighted by Gasteiger charge is -2.20. The van der Waals surface area contributed by atoms with E-state index in [4.69, 9.17) is 0 Å². The van der Waals surface area contributed by atoms with E-state index in [1.165, 1.54) is 4.31 Å². The minimum Gasteiger partial charge on any atom is -0.280 e. The molecule has 0 bridgehead atoms. The lowest BCUT2D eigenvalue weighted by Crippen LogP contribution is -2.33. The van der Waals surface area contributed by atoms with Crippen molar-refractivity contribution in [2.45, 2.75) is 36.5 Å². The van der Waals surface area contributed by atoms with Gasteiger partial charge in [-0.25, -0.2) is 16.8 Å². The Morgan fingerprint density at radius 2 is 1.29 bits per heavy atom. The van der Waals surface area contributed by atoms with E-state index in [9.17, 15) is 16.8 Å². The predicted octanol–water partition coefficient (Wildman–Crippen LogP) is 5.56. The van der Waals surface area contributed by atoms with Gasteiger partial charge in [-0.1, -0.05) is 71.8 Å². The molecule has 0 radical (unpaired) electrons. The highest BCUT2D eigenvalue weighted by molar-refractivity contribution is 7.92. The molecule has 8 heteroatoms. The highest BCUT2D eigenvalue weighted by Gasteiger charge is 2.27. The number of sulfonamides is 2. The number of rotatable bonds is 6. The summed E-state index contributed by atoms with van der Waals surface area (Å²) in [6.07, 6.45) is 1.06. The van der Waals surface area contributed by atoms with E-state index in [1.54, 1.807) is 48.5 Å². The number of hydrogen-bond donors (Lipinski definition) is 1. The van der Waals surface area contributed by atoms with E-state index in [-0.39, 0.29) is 9.79 Å². The molecule has 0 spiro atoms. The van der Waals surface area contributed by atoms with Gasteiger partial charge in [-0.05, 0) is 73.7 Å². The lowest BCUT2D eigenvalue weighted by atomic mass is 10.0. The Labute approximate surface area is 225 Å². The molecule has 1 heterocycles. The van der Waals surface area contributed by atoms with Gasteiger partial charge in [0, 0.05) is 24.3 Å². The largest absolute Gasteiger partial charge is 0.280 e. The zero-order valence-electron chi connectivity index (χ0n) is 21.4. The number of nitrogens with zero attached hydrogens (tertiary/aromatic N) is 1. The van der Waals surface area contributed by atoms with Gasteiger partial charge in [0.25, 0.3) is 10.0 Å². The first-order valence-corrected chi connectivity index (χ1v) is 15.4. The molecule has 6 nitrogen and oxygen atoms in total. The maximum atomic E-state index is 13.5. The summed E-state index contributed by atoms with van der Waals surface area (Å²) in [5.41, 5.74) is 5.98. The molecular weight excluding hydrogens is 516 g/mol. The molecule has 5 rings (SSSR count). The van der Waals surface area contributed by atoms with Gasteiger partial charge in [-0.15, -0.1) is 0 Å². The Morgan fingerprint density at radius 3 is 1.97 bits per heavy atom. The smallest absolute Gasteiger partial charge is 0.262 e. The summed E-state index contributed by atoms with van der Waals surface area (Å²) in [6.45, 7) is 4.61. The van der Waals surface area contributed by atoms with Crippen LogP contribution in [-0.2, 0) is 32.9 Å². The number of nitrogens with one attached hydrogen (secondary N) is 1. The fraction of sp³-hybridized carbons (Fsp3) is 0.200. The van der Waals surface area contributed by atoms with Crippen LogP contribution in [0.2, 0.25) is 0 Å². The lowest BCUT2D eigenvalue weighted by molar-refractivity contribution is 0.426. The summed E-state index contributed by atoms with van der Waals surface area (Å²) in [6, 6.07) is 27.1. The average molecular weight is 547 g/mol. The van der Waals surface area contributed by atoms with Crippen molar-refractivity contribution in [3.63, 3.8) is 0 Å². The molecule has 4 aromatic rings. The second-order valence-corrected chi connectivity index (χ2v) is 13.3. The molecule has 0 saturated heterocycles. The van der Waals surface area contributed by atoms with Crippen LogP contribution in [0.1, 0.15) is 22.3 Å². The first-order valence-electron chi connectivity index (χ1n) is 12.5. The number of aryl methyl sites for hydroxylation is 2. The van der Waals surface area contributed by atoms with Crippen molar-refractivity contribution in [1.82, 2.24) is 4.31 Å². The number of anilines is 1. The van der Waals surface area contributed by atoms with Crippen molar-refractivity contribution in [1.29, 1.82) is 0 Å². The Balaban J connectivity index is 1.37. The molecule has 0 amide bonds. The highest BCUT2D eigenvalue weighted by atomic mass is 32.2. The minimum absolute atomic E-state index is 0.203. The first kappa shape index (κ1) is 26.2. The molecule has 196 valence electrons. The molecule has 0 aliphatic carbocycles. The van der Waals surface area contributed by atoms with E-state index in [1.807, 2.05) is 56.3 Å². The van der Waals surface area contributed by atoms with Gasteiger partial charge in [-0.3, -0.25) is 4.72 Å². The van der Waals surface area contributed by atoms with Crippen molar-refractivity contribution >= 4 is 25.7 Å². The maximum Gasteiger partial charge on any atom is 0.262 e. The van der Waals surface area contributed by atoms with E-state index >= 15 is 0 Å². The number of benzene rings is 4. The molecule has 0 saturated carbocycles. The quantitative estimate of drug-likeness (QED) is 0.343. The molecule has 4 aromatic carbocycles. The summed E-state index contributed by atoms with van der Waals surface area (Å²) < 4.78 is 57.6. The fourth-order valence-corrected chi connectivity index (χ4v) is 7.47. The van der Waals surface area contributed by atoms with Gasteiger partial charge in [0.1, 0.15) is 0 Å². The second kappa shape index (κ2) is 10.4. The van der Waals surface area contributed by atoms with Gasteiger partial charge < -0.3 is 0 Å². The zero-order valence-corrected chi connectivity index (χ0v) is 23.0. The minimum atomic E-state index is -3.87. The molecule has 0 atom stereocenters. The third kappa shape index (κ3) is 5.38. The maximum absolute atomic E-state index is 13.5. The zero-order chi connectivity index (χ0) is 26.9. The summed E-state index contributed by atoms with van der Waals surface area (Å²) in [5.74, 6) is 0. The van der Waals surface area contributed by atoms with Crippen molar-refractivity contribution in [2.24, 2.45) is 0 Å². The van der Waals surface area contributed by atoms with Crippen LogP contribution in [0.5, 0.6) is 0 Å². The van der Waals surface area contributed by atoms with Crippen molar-refractivity contribution < 1.29 is 16.8 Å². The van der Waals surface area contributed by atoms with Gasteiger partial charge in [0.15, 0.2) is 0 Å². The van der Waals surface area contributed by atoms with Gasteiger partial charge in [0.2, 0.25) is 10.0 Å². The predicted molar refractivity (Wildman–Crippen MR) is 151 cm³/mol. The molecule has 0 unspecified atom stereocenters. The van der Waals surface area contributed by atoms with Crippen molar-refractivity contribution in [3.05, 3.63) is 113 Å². The first-order chi connectivity index (χ1) is 18.1. The van der Waals surface area contributed by atoms with E-state index in [2.05, 4.69) is 4.72 Å². The number of hydrogen-bond acceptors (Lipinski definition) is 4. The third-order valence-corrected chi connectivity index (χ3v) is 10.3. The summed E-state index contributed by atoms with van der Waals surface area (Å²) in [5, 5.41) is 0. The monoisotopic (exact) mass is 546 g/mol. The number of fused-ring (bicyclic) bond motifs is 1. The molecular formula is C30H30N2O4S2. The Kier molecular flexibility index (Phi) is 7.13. The standard InChI is InChI=1S/C30H30N2O4S2/c1-22-7-11-25(12-8-22)29-5-3-4-6-30(29)37(33,34)31-27-14-13-24-17-19-32(20-18-26(24)21-27)38(35,36)28-15-9-23(2)10-16-28/h3-16,21,31H,17-20H2,1-2H3. The van der Waals surface area contributed by atoms with Crippen LogP contribution in [0.4, 0.5) is 5.69 Å². The Morgan fingerprint density at radius 1 is 0.684 bits per heavy atom. The van der Waals surface area contributed by atoms with Crippen LogP contribution in [-0.4, -0.2) is 34.2 Å². The molecule has 1 aliphatic heterocycles. The van der Waals surface area contributed by atoms with Crippen LogP contribution in [0.25, 0.3) is 11.1 Å². The van der Waals surface area contributed by atoms with E-state index < -0.39 is 20.0 Å². The normalized spacial score (nSPS) is 14.5. The van der Waals surface area contributed by atoms with Crippen molar-refractivity contribution in [2.75, 3.05) is 17.8 Å². The summed E-state index contributed by atoms with van der Waals surface area (Å²) in [4.78, 5) is 0.490. The molecule has 1 aliphatic rings. The molecule has 38 heavy (non-hydrogen) atoms. The van der Waals surface area contributed by atoms with Gasteiger partial charge in [0.05, 0.1) is 9.79 Å². The summed E-state index contributed by atoms with van der Waals surface area (Å²) in [7, 11) is -7.47. The van der Waals surface area contributed by atoms with Crippen molar-refractivity contribution in [3.8, 4) is 11.1 Å². The van der Waals surface area contributed by atoms with Crippen LogP contribution in [0.15, 0.2) is 101 Å². The van der Waals surface area contributed by atoms with Crippen LogP contribution >= 0.6 is 0 Å². The van der Waals surface area contributed by atoms with Gasteiger partial charge in [-0.2, -0.15) is 4.31 Å². The van der Waals surface area contributed by atoms with Gasteiger partial charge >= 0.3 is 0 Å². The second-order valence-electron chi connectivity index (χ2n) is 9.67. The highest BCUT2D eigenvalue weighted by Crippen LogP contribution is 2.30. The summed E-state index contributed by atoms with van der Waals surface area (Å²) >= 11 is 0. The topological polar surface area (TPSA) is 83.6 Å². The van der Waals surface area contributed by atoms with Crippen LogP contribution in [0.3, 0.4) is 0 Å². The fourth-order valence-electron chi connectivity index (χ4n) is 4.75. The van der Waals surface area contributed by atoms with Crippen LogP contribution in [0, 0.1) is 13.8 Å². The van der Waals surface area contributed by atoms with E-state index in [0.29, 0.717) is 37.2 Å². The van der Waals surface area contributed by atoms with Crippen LogP contribution < -0.4 is 4.72 Å². The third-order valence-electron chi connectivity index (χ3n) is 6.92. The van der Waals surface area contributed by atoms with E-state index in [0.717, 1.165) is 27.8 Å². The Bertz CT molecular complexity index is 1680. The SMILES string of the molecule is Cc1ccc(-c2ccccc2S(=O)(=O)Nc2ccc3c(c2)CCN(S(=O)(=O)c2ccc(C)cc2)CC3)cc1.